The summed E-state index contributed by atoms with van der Waals surface area (Å²) < 4.78 is 0. The Kier molecular flexibility index (Phi) is 4.52. The fourth-order valence-corrected chi connectivity index (χ4v) is 2.03. The number of rotatable bonds is 5. The fraction of sp³-hybridized carbons (Fsp3) is 0.308. The highest BCUT2D eigenvalue weighted by Crippen LogP contribution is 2.27. The molecule has 0 bridgehead atoms. The largest absolute Gasteiger partial charge is 0.383 e. The molecule has 0 spiro atoms. The van der Waals surface area contributed by atoms with E-state index in [9.17, 15) is 0 Å². The van der Waals surface area contributed by atoms with Gasteiger partial charge in [-0.1, -0.05) is 11.6 Å². The number of hydrogen-bond donors (Lipinski definition) is 1. The molecule has 100 valence electrons. The van der Waals surface area contributed by atoms with Crippen LogP contribution in [-0.2, 0) is 6.42 Å². The number of likely N-dealkylation sites (N-methyl/N-ethyl adjacent to an activating group) is 1. The molecule has 2 aromatic heterocycles. The molecule has 0 saturated carbocycles. The zero-order chi connectivity index (χ0) is 13.7. The summed E-state index contributed by atoms with van der Waals surface area (Å²) in [5.74, 6) is 0.802. The summed E-state index contributed by atoms with van der Waals surface area (Å²) >= 11 is 6.04. The van der Waals surface area contributed by atoms with Crippen LogP contribution in [0, 0.1) is 0 Å². The monoisotopic (exact) mass is 277 g/mol. The van der Waals surface area contributed by atoms with E-state index in [0.717, 1.165) is 24.5 Å². The van der Waals surface area contributed by atoms with Crippen LogP contribution in [0.4, 0.5) is 11.5 Å². The highest BCUT2D eigenvalue weighted by Gasteiger charge is 2.12. The quantitative estimate of drug-likeness (QED) is 0.850. The van der Waals surface area contributed by atoms with Crippen molar-refractivity contribution in [2.24, 2.45) is 0 Å². The lowest BCUT2D eigenvalue weighted by Crippen LogP contribution is -2.22. The number of nitrogens with zero attached hydrogens (tertiary/aromatic N) is 4. The average Bonchev–Trinajstić information content (AvgIpc) is 2.45. The number of nitrogens with one attached hydrogen (secondary N) is 1. The first-order valence-corrected chi connectivity index (χ1v) is 6.38. The number of halogens is 1. The van der Waals surface area contributed by atoms with Crippen LogP contribution >= 0.6 is 11.6 Å². The van der Waals surface area contributed by atoms with Gasteiger partial charge in [0.1, 0.15) is 12.0 Å². The zero-order valence-electron chi connectivity index (χ0n) is 11.0. The lowest BCUT2D eigenvalue weighted by atomic mass is 10.2. The maximum atomic E-state index is 6.04. The predicted molar refractivity (Wildman–Crippen MR) is 77.8 cm³/mol. The Morgan fingerprint density at radius 3 is 2.68 bits per heavy atom. The van der Waals surface area contributed by atoms with Gasteiger partial charge >= 0.3 is 0 Å². The Morgan fingerprint density at radius 2 is 2.00 bits per heavy atom. The van der Waals surface area contributed by atoms with Crippen molar-refractivity contribution in [3.63, 3.8) is 0 Å². The topological polar surface area (TPSA) is 53.9 Å². The predicted octanol–water partition coefficient (Wildman–Crippen LogP) is 2.25. The molecular weight excluding hydrogens is 262 g/mol. The van der Waals surface area contributed by atoms with E-state index in [1.165, 1.54) is 11.9 Å². The van der Waals surface area contributed by atoms with Gasteiger partial charge in [0.15, 0.2) is 11.0 Å². The first-order valence-electron chi connectivity index (χ1n) is 6.00. The van der Waals surface area contributed by atoms with E-state index in [1.54, 1.807) is 12.4 Å². The minimum absolute atomic E-state index is 0.434. The molecule has 2 rings (SSSR count). The fourth-order valence-electron chi connectivity index (χ4n) is 1.81. The Balaban J connectivity index is 2.08. The van der Waals surface area contributed by atoms with E-state index in [-0.39, 0.29) is 0 Å². The SMILES string of the molecule is CNc1c(Cl)ncnc1N(C)CCc1ccncc1. The molecule has 0 radical (unpaired) electrons. The van der Waals surface area contributed by atoms with Crippen molar-refractivity contribution in [3.8, 4) is 0 Å². The lowest BCUT2D eigenvalue weighted by molar-refractivity contribution is 0.855. The number of aromatic nitrogens is 3. The van der Waals surface area contributed by atoms with Gasteiger partial charge in [0, 0.05) is 33.0 Å². The van der Waals surface area contributed by atoms with E-state index >= 15 is 0 Å². The van der Waals surface area contributed by atoms with Gasteiger partial charge in [-0.2, -0.15) is 0 Å². The molecule has 19 heavy (non-hydrogen) atoms. The molecule has 5 nitrogen and oxygen atoms in total. The van der Waals surface area contributed by atoms with Crippen LogP contribution in [0.1, 0.15) is 5.56 Å². The first kappa shape index (κ1) is 13.5. The summed E-state index contributed by atoms with van der Waals surface area (Å²) in [5, 5.41) is 3.47. The van der Waals surface area contributed by atoms with Crippen molar-refractivity contribution < 1.29 is 0 Å². The molecule has 0 unspecified atom stereocenters. The number of pyridine rings is 1. The van der Waals surface area contributed by atoms with Crippen molar-refractivity contribution in [2.45, 2.75) is 6.42 Å². The molecular formula is C13H16ClN5. The summed E-state index contributed by atoms with van der Waals surface area (Å²) in [5.41, 5.74) is 1.99. The molecule has 0 aliphatic heterocycles. The third-order valence-corrected chi connectivity index (χ3v) is 3.16. The molecule has 0 fully saturated rings. The van der Waals surface area contributed by atoms with Crippen LogP contribution in [0.2, 0.25) is 5.15 Å². The Labute approximate surface area is 117 Å². The van der Waals surface area contributed by atoms with Crippen LogP contribution in [0.5, 0.6) is 0 Å². The number of hydrogen-bond acceptors (Lipinski definition) is 5. The molecule has 0 aliphatic rings. The van der Waals surface area contributed by atoms with Gasteiger partial charge in [0.05, 0.1) is 0 Å². The third-order valence-electron chi connectivity index (χ3n) is 2.88. The highest BCUT2D eigenvalue weighted by atomic mass is 35.5. The minimum Gasteiger partial charge on any atom is -0.383 e. The van der Waals surface area contributed by atoms with Crippen molar-refractivity contribution in [2.75, 3.05) is 30.9 Å². The lowest BCUT2D eigenvalue weighted by Gasteiger charge is -2.21. The molecule has 2 heterocycles. The van der Waals surface area contributed by atoms with Gasteiger partial charge in [0.25, 0.3) is 0 Å². The van der Waals surface area contributed by atoms with Crippen molar-refractivity contribution in [1.82, 2.24) is 15.0 Å². The van der Waals surface area contributed by atoms with Crippen LogP contribution < -0.4 is 10.2 Å². The Hall–Kier alpha value is -1.88. The van der Waals surface area contributed by atoms with E-state index in [2.05, 4.69) is 25.2 Å². The second-order valence-corrected chi connectivity index (χ2v) is 4.50. The standard InChI is InChI=1S/C13H16ClN5/c1-15-11-12(14)17-9-18-13(11)19(2)8-5-10-3-6-16-7-4-10/h3-4,6-7,9,15H,5,8H2,1-2H3. The Bertz CT molecular complexity index is 532. The minimum atomic E-state index is 0.434. The number of anilines is 2. The second-order valence-electron chi connectivity index (χ2n) is 4.14. The van der Waals surface area contributed by atoms with Gasteiger partial charge in [-0.3, -0.25) is 4.98 Å². The molecule has 1 N–H and O–H groups in total. The van der Waals surface area contributed by atoms with Crippen LogP contribution in [0.25, 0.3) is 0 Å². The summed E-state index contributed by atoms with van der Waals surface area (Å²) in [7, 11) is 3.80. The molecule has 0 saturated heterocycles. The van der Waals surface area contributed by atoms with E-state index < -0.39 is 0 Å². The summed E-state index contributed by atoms with van der Waals surface area (Å²) in [4.78, 5) is 14.3. The van der Waals surface area contributed by atoms with E-state index in [4.69, 9.17) is 11.6 Å². The molecule has 0 atom stereocenters. The Morgan fingerprint density at radius 1 is 1.26 bits per heavy atom. The van der Waals surface area contributed by atoms with Crippen molar-refractivity contribution >= 4 is 23.1 Å². The average molecular weight is 278 g/mol. The van der Waals surface area contributed by atoms with Crippen LogP contribution in [-0.4, -0.2) is 35.6 Å². The van der Waals surface area contributed by atoms with Gasteiger partial charge in [0.2, 0.25) is 0 Å². The smallest absolute Gasteiger partial charge is 0.157 e. The normalized spacial score (nSPS) is 10.3. The van der Waals surface area contributed by atoms with Gasteiger partial charge in [-0.05, 0) is 24.1 Å². The van der Waals surface area contributed by atoms with Crippen LogP contribution in [0.3, 0.4) is 0 Å². The second kappa shape index (κ2) is 6.33. The first-order chi connectivity index (χ1) is 9.22. The van der Waals surface area contributed by atoms with Crippen molar-refractivity contribution in [3.05, 3.63) is 41.6 Å². The van der Waals surface area contributed by atoms with Gasteiger partial charge < -0.3 is 10.2 Å². The maximum Gasteiger partial charge on any atom is 0.157 e. The highest BCUT2D eigenvalue weighted by molar-refractivity contribution is 6.32. The summed E-state index contributed by atoms with van der Waals surface area (Å²) in [6.45, 7) is 0.839. The van der Waals surface area contributed by atoms with E-state index in [0.29, 0.717) is 5.15 Å². The maximum absolute atomic E-state index is 6.04. The van der Waals surface area contributed by atoms with Crippen LogP contribution in [0.15, 0.2) is 30.9 Å². The molecule has 0 aromatic carbocycles. The summed E-state index contributed by atoms with van der Waals surface area (Å²) in [6.07, 6.45) is 6.00. The molecule has 6 heteroatoms. The van der Waals surface area contributed by atoms with E-state index in [1.807, 2.05) is 26.2 Å². The van der Waals surface area contributed by atoms with Crippen molar-refractivity contribution in [1.29, 1.82) is 0 Å². The third kappa shape index (κ3) is 3.32. The van der Waals surface area contributed by atoms with Gasteiger partial charge in [-0.25, -0.2) is 9.97 Å². The molecule has 0 amide bonds. The summed E-state index contributed by atoms with van der Waals surface area (Å²) in [6, 6.07) is 4.03. The molecule has 0 aliphatic carbocycles. The zero-order valence-corrected chi connectivity index (χ0v) is 11.7. The van der Waals surface area contributed by atoms with Gasteiger partial charge in [-0.15, -0.1) is 0 Å². The molecule has 2 aromatic rings.